The Hall–Kier alpha value is -1.34. The first-order valence-electron chi connectivity index (χ1n) is 7.25. The molecule has 0 spiro atoms. The van der Waals surface area contributed by atoms with Crippen LogP contribution in [-0.4, -0.2) is 78.4 Å². The van der Waals surface area contributed by atoms with E-state index in [0.717, 1.165) is 32.5 Å². The van der Waals surface area contributed by atoms with Crippen LogP contribution in [0.5, 0.6) is 0 Å². The molecular weight excluding hydrogens is 262 g/mol. The van der Waals surface area contributed by atoms with Crippen LogP contribution in [0.1, 0.15) is 12.8 Å². The first-order chi connectivity index (χ1) is 9.65. The van der Waals surface area contributed by atoms with E-state index in [1.165, 1.54) is 4.90 Å². The van der Waals surface area contributed by atoms with E-state index in [-0.39, 0.29) is 18.7 Å². The maximum absolute atomic E-state index is 12.3. The Morgan fingerprint density at radius 1 is 1.20 bits per heavy atom. The third kappa shape index (κ3) is 2.60. The smallest absolute Gasteiger partial charge is 0.328 e. The highest BCUT2D eigenvalue weighted by Gasteiger charge is 2.38. The number of nitrogens with one attached hydrogen (secondary N) is 1. The van der Waals surface area contributed by atoms with Gasteiger partial charge in [-0.15, -0.1) is 0 Å². The third-order valence-corrected chi connectivity index (χ3v) is 4.64. The van der Waals surface area contributed by atoms with Gasteiger partial charge in [-0.2, -0.15) is 0 Å². The summed E-state index contributed by atoms with van der Waals surface area (Å²) in [6, 6.07) is -0.980. The summed E-state index contributed by atoms with van der Waals surface area (Å²) >= 11 is 0. The molecule has 7 heteroatoms. The number of hydrogen-bond donors (Lipinski definition) is 2. The van der Waals surface area contributed by atoms with E-state index in [4.69, 9.17) is 9.84 Å². The van der Waals surface area contributed by atoms with Gasteiger partial charge in [0.25, 0.3) is 0 Å². The predicted octanol–water partition coefficient (Wildman–Crippen LogP) is -0.424. The highest BCUT2D eigenvalue weighted by atomic mass is 16.5. The van der Waals surface area contributed by atoms with E-state index in [1.54, 1.807) is 0 Å². The summed E-state index contributed by atoms with van der Waals surface area (Å²) in [5.74, 6) is -0.470. The number of carbonyl (C=O) groups excluding carboxylic acids is 1. The number of urea groups is 1. The minimum Gasteiger partial charge on any atom is -0.480 e. The van der Waals surface area contributed by atoms with E-state index in [0.29, 0.717) is 19.1 Å². The van der Waals surface area contributed by atoms with Gasteiger partial charge in [0.15, 0.2) is 6.04 Å². The van der Waals surface area contributed by atoms with Crippen LogP contribution in [0.3, 0.4) is 0 Å². The minimum absolute atomic E-state index is 0.0724. The highest BCUT2D eigenvalue weighted by molar-refractivity contribution is 5.83. The first-order valence-corrected chi connectivity index (χ1v) is 7.25. The fourth-order valence-corrected chi connectivity index (χ4v) is 3.42. The summed E-state index contributed by atoms with van der Waals surface area (Å²) in [5.41, 5.74) is 0. The Morgan fingerprint density at radius 3 is 2.55 bits per heavy atom. The molecule has 4 rings (SSSR count). The molecule has 0 radical (unpaired) electrons. The highest BCUT2D eigenvalue weighted by Crippen LogP contribution is 2.27. The summed E-state index contributed by atoms with van der Waals surface area (Å²) in [5, 5.41) is 12.2. The normalized spacial score (nSPS) is 36.7. The van der Waals surface area contributed by atoms with Gasteiger partial charge in [0.1, 0.15) is 0 Å². The van der Waals surface area contributed by atoms with Gasteiger partial charge in [0.05, 0.1) is 13.2 Å². The molecule has 2 amide bonds. The quantitative estimate of drug-likeness (QED) is 0.719. The lowest BCUT2D eigenvalue weighted by molar-refractivity contribution is -0.147. The molecule has 4 heterocycles. The number of carboxylic acid groups (broad SMARTS) is 1. The molecule has 0 aromatic carbocycles. The number of morpholine rings is 1. The number of hydrogen-bond acceptors (Lipinski definition) is 4. The molecule has 0 aromatic rings. The van der Waals surface area contributed by atoms with Crippen LogP contribution < -0.4 is 5.32 Å². The molecular formula is C13H21N3O4. The van der Waals surface area contributed by atoms with Gasteiger partial charge in [0, 0.05) is 19.1 Å². The van der Waals surface area contributed by atoms with Crippen molar-refractivity contribution in [2.24, 2.45) is 5.92 Å². The van der Waals surface area contributed by atoms with Crippen molar-refractivity contribution >= 4 is 12.0 Å². The average molecular weight is 283 g/mol. The predicted molar refractivity (Wildman–Crippen MR) is 70.4 cm³/mol. The third-order valence-electron chi connectivity index (χ3n) is 4.64. The van der Waals surface area contributed by atoms with Crippen LogP contribution >= 0.6 is 0 Å². The number of nitrogens with zero attached hydrogens (tertiary/aromatic N) is 2. The number of piperidine rings is 3. The number of ether oxygens (including phenoxy) is 1. The Kier molecular flexibility index (Phi) is 3.80. The lowest BCUT2D eigenvalue weighted by Gasteiger charge is -2.45. The fourth-order valence-electron chi connectivity index (χ4n) is 3.42. The zero-order valence-electron chi connectivity index (χ0n) is 11.5. The van der Waals surface area contributed by atoms with Crippen molar-refractivity contribution < 1.29 is 19.4 Å². The Labute approximate surface area is 117 Å². The van der Waals surface area contributed by atoms with Gasteiger partial charge in [-0.3, -0.25) is 0 Å². The fraction of sp³-hybridized carbons (Fsp3) is 0.846. The molecule has 2 bridgehead atoms. The van der Waals surface area contributed by atoms with E-state index in [2.05, 4.69) is 10.2 Å². The number of carbonyl (C=O) groups is 2. The zero-order chi connectivity index (χ0) is 14.1. The molecule has 0 aromatic heterocycles. The van der Waals surface area contributed by atoms with Crippen molar-refractivity contribution in [3.63, 3.8) is 0 Å². The van der Waals surface area contributed by atoms with Crippen molar-refractivity contribution in [1.29, 1.82) is 0 Å². The van der Waals surface area contributed by atoms with Gasteiger partial charge >= 0.3 is 12.0 Å². The summed E-state index contributed by atoms with van der Waals surface area (Å²) in [7, 11) is 0. The standard InChI is InChI=1S/C13H21N3O4/c17-12(18)11-8-20-6-5-16(11)13(19)14-10-7-15-3-1-9(10)2-4-15/h9-11H,1-8H2,(H,14,19)(H,17,18). The topological polar surface area (TPSA) is 82.1 Å². The molecule has 2 unspecified atom stereocenters. The molecule has 4 aliphatic rings. The summed E-state index contributed by atoms with van der Waals surface area (Å²) < 4.78 is 5.15. The molecule has 4 fully saturated rings. The van der Waals surface area contributed by atoms with Crippen LogP contribution in [0.15, 0.2) is 0 Å². The van der Waals surface area contributed by atoms with Crippen LogP contribution in [-0.2, 0) is 9.53 Å². The monoisotopic (exact) mass is 283 g/mol. The van der Waals surface area contributed by atoms with Gasteiger partial charge in [-0.05, 0) is 31.8 Å². The SMILES string of the molecule is O=C(O)C1COCCN1C(=O)NC1CN2CCC1CC2. The molecule has 0 saturated carbocycles. The molecule has 2 atom stereocenters. The van der Waals surface area contributed by atoms with Crippen LogP contribution in [0, 0.1) is 5.92 Å². The van der Waals surface area contributed by atoms with Crippen molar-refractivity contribution in [2.75, 3.05) is 39.4 Å². The van der Waals surface area contributed by atoms with Gasteiger partial charge in [-0.1, -0.05) is 0 Å². The van der Waals surface area contributed by atoms with Crippen LogP contribution in [0.4, 0.5) is 4.79 Å². The van der Waals surface area contributed by atoms with Crippen molar-refractivity contribution in [2.45, 2.75) is 24.9 Å². The van der Waals surface area contributed by atoms with Gasteiger partial charge in [0.2, 0.25) is 0 Å². The van der Waals surface area contributed by atoms with Gasteiger partial charge in [-0.25, -0.2) is 9.59 Å². The number of fused-ring (bicyclic) bond motifs is 3. The molecule has 4 aliphatic heterocycles. The van der Waals surface area contributed by atoms with Crippen LogP contribution in [0.2, 0.25) is 0 Å². The molecule has 20 heavy (non-hydrogen) atoms. The molecule has 4 saturated heterocycles. The maximum Gasteiger partial charge on any atom is 0.328 e. The molecule has 112 valence electrons. The van der Waals surface area contributed by atoms with E-state index in [9.17, 15) is 9.59 Å². The van der Waals surface area contributed by atoms with Crippen molar-refractivity contribution in [3.05, 3.63) is 0 Å². The van der Waals surface area contributed by atoms with Crippen molar-refractivity contribution in [3.8, 4) is 0 Å². The first kappa shape index (κ1) is 13.6. The van der Waals surface area contributed by atoms with E-state index in [1.807, 2.05) is 0 Å². The Balaban J connectivity index is 1.61. The Bertz CT molecular complexity index is 395. The summed E-state index contributed by atoms with van der Waals surface area (Å²) in [4.78, 5) is 27.3. The number of rotatable bonds is 2. The van der Waals surface area contributed by atoms with E-state index < -0.39 is 12.0 Å². The number of aliphatic carboxylic acids is 1. The lowest BCUT2D eigenvalue weighted by Crippen LogP contribution is -2.62. The largest absolute Gasteiger partial charge is 0.480 e. The molecule has 7 nitrogen and oxygen atoms in total. The zero-order valence-corrected chi connectivity index (χ0v) is 11.5. The second-order valence-corrected chi connectivity index (χ2v) is 5.82. The minimum atomic E-state index is -1.01. The number of carboxylic acids is 1. The summed E-state index contributed by atoms with van der Waals surface area (Å²) in [6.45, 7) is 3.93. The van der Waals surface area contributed by atoms with E-state index >= 15 is 0 Å². The number of amides is 2. The second kappa shape index (κ2) is 5.57. The van der Waals surface area contributed by atoms with Gasteiger partial charge < -0.3 is 25.0 Å². The maximum atomic E-state index is 12.3. The van der Waals surface area contributed by atoms with Crippen molar-refractivity contribution in [1.82, 2.24) is 15.1 Å². The average Bonchev–Trinajstić information content (AvgIpc) is 2.48. The summed E-state index contributed by atoms with van der Waals surface area (Å²) in [6.07, 6.45) is 2.24. The lowest BCUT2D eigenvalue weighted by atomic mass is 9.84. The Morgan fingerprint density at radius 2 is 1.95 bits per heavy atom. The van der Waals surface area contributed by atoms with Crippen LogP contribution in [0.25, 0.3) is 0 Å². The molecule has 0 aliphatic carbocycles. The second-order valence-electron chi connectivity index (χ2n) is 5.82. The molecule has 2 N–H and O–H groups in total.